The molecule has 1 aromatic carbocycles. The van der Waals surface area contributed by atoms with E-state index in [2.05, 4.69) is 25.9 Å². The molecule has 0 amide bonds. The van der Waals surface area contributed by atoms with Crippen LogP contribution in [0.3, 0.4) is 0 Å². The fourth-order valence-electron chi connectivity index (χ4n) is 1.56. The number of hydrogen-bond donors (Lipinski definition) is 1. The second-order valence-corrected chi connectivity index (χ2v) is 4.76. The highest BCUT2D eigenvalue weighted by Crippen LogP contribution is 2.29. The normalized spacial score (nSPS) is 10.5. The van der Waals surface area contributed by atoms with Gasteiger partial charge in [0.2, 0.25) is 0 Å². The molecule has 0 aliphatic heterocycles. The van der Waals surface area contributed by atoms with Crippen LogP contribution in [0.4, 0.5) is 0 Å². The number of H-pyrrole nitrogens is 1. The number of ether oxygens (including phenoxy) is 1. The van der Waals surface area contributed by atoms with Gasteiger partial charge in [-0.1, -0.05) is 0 Å². The average molecular weight is 316 g/mol. The van der Waals surface area contributed by atoms with Gasteiger partial charge in [0.25, 0.3) is 0 Å². The lowest BCUT2D eigenvalue weighted by Crippen LogP contribution is -1.88. The van der Waals surface area contributed by atoms with Gasteiger partial charge in [0.15, 0.2) is 0 Å². The summed E-state index contributed by atoms with van der Waals surface area (Å²) < 4.78 is 6.11. The first kappa shape index (κ1) is 12.5. The van der Waals surface area contributed by atoms with Gasteiger partial charge in [-0.2, -0.15) is 0 Å². The first-order valence-corrected chi connectivity index (χ1v) is 6.51. The van der Waals surface area contributed by atoms with Gasteiger partial charge < -0.3 is 9.72 Å². The third kappa shape index (κ3) is 2.82. The molecule has 0 aliphatic rings. The Morgan fingerprint density at radius 2 is 2.29 bits per heavy atom. The van der Waals surface area contributed by atoms with Crippen LogP contribution in [0.15, 0.2) is 28.9 Å². The quantitative estimate of drug-likeness (QED) is 0.875. The molecule has 0 fully saturated rings. The molecular formula is C12H12BrClN2O. The van der Waals surface area contributed by atoms with Crippen LogP contribution in [-0.2, 0) is 6.42 Å². The summed E-state index contributed by atoms with van der Waals surface area (Å²) in [5.41, 5.74) is 2.04. The van der Waals surface area contributed by atoms with Crippen LogP contribution < -0.4 is 4.74 Å². The van der Waals surface area contributed by atoms with Gasteiger partial charge in [0.1, 0.15) is 11.6 Å². The number of nitrogens with zero attached hydrogens (tertiary/aromatic N) is 1. The minimum Gasteiger partial charge on any atom is -0.496 e. The first-order chi connectivity index (χ1) is 8.24. The van der Waals surface area contributed by atoms with E-state index in [4.69, 9.17) is 16.3 Å². The maximum atomic E-state index is 5.67. The van der Waals surface area contributed by atoms with E-state index >= 15 is 0 Å². The number of aromatic nitrogens is 2. The number of benzene rings is 1. The zero-order valence-corrected chi connectivity index (χ0v) is 11.7. The standard InChI is InChI=1S/C12H12BrClN2O/c1-17-11-3-2-8(6-9(11)13)10-7-15-12(16-10)4-5-14/h2-3,6-7H,4-5H2,1H3,(H,15,16). The lowest BCUT2D eigenvalue weighted by Gasteiger charge is -2.04. The molecule has 0 spiro atoms. The highest BCUT2D eigenvalue weighted by Gasteiger charge is 2.06. The van der Waals surface area contributed by atoms with Crippen molar-refractivity contribution in [2.45, 2.75) is 6.42 Å². The van der Waals surface area contributed by atoms with Crippen LogP contribution in [0.1, 0.15) is 5.82 Å². The minimum atomic E-state index is 0.569. The van der Waals surface area contributed by atoms with Gasteiger partial charge in [-0.15, -0.1) is 11.6 Å². The number of aryl methyl sites for hydroxylation is 1. The summed E-state index contributed by atoms with van der Waals surface area (Å²) in [4.78, 5) is 7.51. The Bertz CT molecular complexity index is 513. The van der Waals surface area contributed by atoms with Gasteiger partial charge in [-0.05, 0) is 34.1 Å². The van der Waals surface area contributed by atoms with E-state index < -0.39 is 0 Å². The smallest absolute Gasteiger partial charge is 0.133 e. The Hall–Kier alpha value is -1.00. The van der Waals surface area contributed by atoms with Gasteiger partial charge in [-0.3, -0.25) is 0 Å². The molecule has 5 heteroatoms. The number of alkyl halides is 1. The van der Waals surface area contributed by atoms with E-state index in [1.54, 1.807) is 7.11 Å². The van der Waals surface area contributed by atoms with Crippen molar-refractivity contribution in [3.63, 3.8) is 0 Å². The Morgan fingerprint density at radius 3 is 2.94 bits per heavy atom. The SMILES string of the molecule is COc1ccc(-c2cnc(CCCl)[nH]2)cc1Br. The van der Waals surface area contributed by atoms with Crippen molar-refractivity contribution in [2.75, 3.05) is 13.0 Å². The number of aromatic amines is 1. The lowest BCUT2D eigenvalue weighted by molar-refractivity contribution is 0.412. The molecule has 0 saturated carbocycles. The van der Waals surface area contributed by atoms with Crippen LogP contribution in [0, 0.1) is 0 Å². The van der Waals surface area contributed by atoms with E-state index in [1.807, 2.05) is 24.4 Å². The molecule has 1 N–H and O–H groups in total. The van der Waals surface area contributed by atoms with Crippen LogP contribution in [0.2, 0.25) is 0 Å². The maximum Gasteiger partial charge on any atom is 0.133 e. The molecule has 90 valence electrons. The summed E-state index contributed by atoms with van der Waals surface area (Å²) in [5.74, 6) is 2.29. The zero-order chi connectivity index (χ0) is 12.3. The molecule has 0 aliphatic carbocycles. The summed E-state index contributed by atoms with van der Waals surface area (Å²) in [6, 6.07) is 5.90. The number of methoxy groups -OCH3 is 1. The van der Waals surface area contributed by atoms with Crippen molar-refractivity contribution in [2.24, 2.45) is 0 Å². The van der Waals surface area contributed by atoms with Crippen molar-refractivity contribution >= 4 is 27.5 Å². The number of rotatable bonds is 4. The predicted octanol–water partition coefficient (Wildman–Crippen LogP) is 3.63. The first-order valence-electron chi connectivity index (χ1n) is 5.18. The fraction of sp³-hybridized carbons (Fsp3) is 0.250. The highest BCUT2D eigenvalue weighted by atomic mass is 79.9. The molecule has 0 radical (unpaired) electrons. The van der Waals surface area contributed by atoms with Crippen molar-refractivity contribution in [1.29, 1.82) is 0 Å². The van der Waals surface area contributed by atoms with Crippen molar-refractivity contribution in [3.8, 4) is 17.0 Å². The van der Waals surface area contributed by atoms with E-state index in [9.17, 15) is 0 Å². The molecule has 1 aromatic heterocycles. The van der Waals surface area contributed by atoms with Crippen molar-refractivity contribution < 1.29 is 4.74 Å². The summed E-state index contributed by atoms with van der Waals surface area (Å²) in [6.45, 7) is 0. The predicted molar refractivity (Wildman–Crippen MR) is 72.7 cm³/mol. The fourth-order valence-corrected chi connectivity index (χ4v) is 2.28. The van der Waals surface area contributed by atoms with Crippen LogP contribution in [-0.4, -0.2) is 23.0 Å². The second kappa shape index (κ2) is 5.56. The molecule has 1 heterocycles. The van der Waals surface area contributed by atoms with E-state index in [1.165, 1.54) is 0 Å². The number of nitrogens with one attached hydrogen (secondary N) is 1. The molecule has 0 atom stereocenters. The number of hydrogen-bond acceptors (Lipinski definition) is 2. The topological polar surface area (TPSA) is 37.9 Å². The number of halogens is 2. The number of imidazole rings is 1. The summed E-state index contributed by atoms with van der Waals surface area (Å²) in [5, 5.41) is 0. The van der Waals surface area contributed by atoms with E-state index in [0.29, 0.717) is 5.88 Å². The molecule has 3 nitrogen and oxygen atoms in total. The second-order valence-electron chi connectivity index (χ2n) is 3.53. The Kier molecular flexibility index (Phi) is 4.07. The van der Waals surface area contributed by atoms with Gasteiger partial charge >= 0.3 is 0 Å². The van der Waals surface area contributed by atoms with Crippen molar-refractivity contribution in [1.82, 2.24) is 9.97 Å². The molecule has 0 bridgehead atoms. The molecule has 0 unspecified atom stereocenters. The summed E-state index contributed by atoms with van der Waals surface area (Å²) in [7, 11) is 1.65. The average Bonchev–Trinajstić information content (AvgIpc) is 2.78. The molecule has 2 rings (SSSR count). The highest BCUT2D eigenvalue weighted by molar-refractivity contribution is 9.10. The van der Waals surface area contributed by atoms with Gasteiger partial charge in [0.05, 0.1) is 23.5 Å². The largest absolute Gasteiger partial charge is 0.496 e. The molecule has 0 saturated heterocycles. The van der Waals surface area contributed by atoms with Crippen LogP contribution in [0.5, 0.6) is 5.75 Å². The van der Waals surface area contributed by atoms with E-state index in [-0.39, 0.29) is 0 Å². The monoisotopic (exact) mass is 314 g/mol. The Morgan fingerprint density at radius 1 is 1.47 bits per heavy atom. The maximum absolute atomic E-state index is 5.67. The summed E-state index contributed by atoms with van der Waals surface area (Å²) in [6.07, 6.45) is 2.56. The molecule has 17 heavy (non-hydrogen) atoms. The lowest BCUT2D eigenvalue weighted by atomic mass is 10.2. The van der Waals surface area contributed by atoms with Crippen LogP contribution in [0.25, 0.3) is 11.3 Å². The van der Waals surface area contributed by atoms with Crippen LogP contribution >= 0.6 is 27.5 Å². The van der Waals surface area contributed by atoms with Gasteiger partial charge in [0, 0.05) is 17.9 Å². The Balaban J connectivity index is 2.29. The minimum absolute atomic E-state index is 0.569. The molecular weight excluding hydrogens is 304 g/mol. The van der Waals surface area contributed by atoms with E-state index in [0.717, 1.165) is 33.7 Å². The summed E-state index contributed by atoms with van der Waals surface area (Å²) >= 11 is 9.13. The Labute approximate surface area is 113 Å². The van der Waals surface area contributed by atoms with Crippen molar-refractivity contribution in [3.05, 3.63) is 34.7 Å². The third-order valence-corrected chi connectivity index (χ3v) is 3.23. The molecule has 2 aromatic rings. The zero-order valence-electron chi connectivity index (χ0n) is 9.34. The third-order valence-electron chi connectivity index (χ3n) is 2.42. The van der Waals surface area contributed by atoms with Gasteiger partial charge in [-0.25, -0.2) is 4.98 Å².